The van der Waals surface area contributed by atoms with E-state index < -0.39 is 0 Å². The first kappa shape index (κ1) is 18.1. The molecule has 0 radical (unpaired) electrons. The fraction of sp³-hybridized carbons (Fsp3) is 0.0870. The third-order valence-electron chi connectivity index (χ3n) is 4.94. The number of nitrogens with one attached hydrogen (secondary N) is 1. The summed E-state index contributed by atoms with van der Waals surface area (Å²) in [5.74, 6) is 1.18. The van der Waals surface area contributed by atoms with Crippen molar-refractivity contribution < 1.29 is 9.13 Å². The molecule has 7 heteroatoms. The van der Waals surface area contributed by atoms with Crippen LogP contribution < -0.4 is 10.1 Å². The van der Waals surface area contributed by atoms with E-state index in [4.69, 9.17) is 9.72 Å². The lowest BCUT2D eigenvalue weighted by Crippen LogP contribution is -2.05. The van der Waals surface area contributed by atoms with Gasteiger partial charge in [0.1, 0.15) is 23.1 Å². The summed E-state index contributed by atoms with van der Waals surface area (Å²) in [6, 6.07) is 22.0. The minimum Gasteiger partial charge on any atom is -0.497 e. The van der Waals surface area contributed by atoms with Crippen LogP contribution in [0.3, 0.4) is 0 Å². The average Bonchev–Trinajstić information content (AvgIpc) is 3.22. The van der Waals surface area contributed by atoms with Gasteiger partial charge in [-0.2, -0.15) is 4.52 Å². The van der Waals surface area contributed by atoms with Gasteiger partial charge in [0.15, 0.2) is 5.65 Å². The zero-order valence-corrected chi connectivity index (χ0v) is 16.2. The number of methoxy groups -OCH3 is 1. The first-order valence-electron chi connectivity index (χ1n) is 9.50. The van der Waals surface area contributed by atoms with E-state index in [0.717, 1.165) is 22.2 Å². The SMILES string of the molecule is COc1cccc(CNc2nc3c(-c4cccc(F)c4)nnn3c3ccccc23)c1. The molecule has 0 amide bonds. The molecule has 0 fully saturated rings. The average molecular weight is 399 g/mol. The largest absolute Gasteiger partial charge is 0.497 e. The molecule has 0 saturated carbocycles. The molecule has 6 nitrogen and oxygen atoms in total. The summed E-state index contributed by atoms with van der Waals surface area (Å²) in [6.07, 6.45) is 0. The van der Waals surface area contributed by atoms with Crippen molar-refractivity contribution >= 4 is 22.4 Å². The maximum atomic E-state index is 13.8. The van der Waals surface area contributed by atoms with E-state index in [1.165, 1.54) is 12.1 Å². The van der Waals surface area contributed by atoms with E-state index in [-0.39, 0.29) is 5.82 Å². The highest BCUT2D eigenvalue weighted by Gasteiger charge is 2.16. The van der Waals surface area contributed by atoms with Crippen LogP contribution in [0.25, 0.3) is 27.8 Å². The molecule has 1 N–H and O–H groups in total. The zero-order chi connectivity index (χ0) is 20.5. The third-order valence-corrected chi connectivity index (χ3v) is 4.94. The highest BCUT2D eigenvalue weighted by atomic mass is 19.1. The van der Waals surface area contributed by atoms with Crippen molar-refractivity contribution in [2.75, 3.05) is 12.4 Å². The summed E-state index contributed by atoms with van der Waals surface area (Å²) in [5.41, 5.74) is 3.66. The number of hydrogen-bond acceptors (Lipinski definition) is 5. The monoisotopic (exact) mass is 399 g/mol. The Morgan fingerprint density at radius 3 is 2.73 bits per heavy atom. The van der Waals surface area contributed by atoms with Gasteiger partial charge in [-0.1, -0.05) is 41.6 Å². The van der Waals surface area contributed by atoms with Crippen molar-refractivity contribution in [2.24, 2.45) is 0 Å². The van der Waals surface area contributed by atoms with Crippen LogP contribution in [-0.2, 0) is 6.54 Å². The Labute approximate surface area is 172 Å². The Bertz CT molecular complexity index is 1360. The van der Waals surface area contributed by atoms with Gasteiger partial charge in [-0.3, -0.25) is 0 Å². The van der Waals surface area contributed by atoms with E-state index >= 15 is 0 Å². The molecule has 30 heavy (non-hydrogen) atoms. The van der Waals surface area contributed by atoms with E-state index in [2.05, 4.69) is 15.6 Å². The Kier molecular flexibility index (Phi) is 4.48. The van der Waals surface area contributed by atoms with Crippen LogP contribution in [0, 0.1) is 5.82 Å². The summed E-state index contributed by atoms with van der Waals surface area (Å²) in [5, 5.41) is 12.9. The second kappa shape index (κ2) is 7.44. The third kappa shape index (κ3) is 3.20. The molecular formula is C23H18FN5O. The zero-order valence-electron chi connectivity index (χ0n) is 16.2. The highest BCUT2D eigenvalue weighted by Crippen LogP contribution is 2.28. The molecule has 148 valence electrons. The number of benzene rings is 3. The molecule has 0 aliphatic rings. The van der Waals surface area contributed by atoms with Gasteiger partial charge in [0.05, 0.1) is 12.6 Å². The smallest absolute Gasteiger partial charge is 0.186 e. The number of rotatable bonds is 5. The molecule has 0 spiro atoms. The molecule has 0 unspecified atom stereocenters. The number of nitrogens with zero attached hydrogens (tertiary/aromatic N) is 4. The molecule has 3 aromatic carbocycles. The standard InChI is InChI=1S/C23H18FN5O/c1-30-18-9-4-6-15(12-18)14-25-22-19-10-2-3-11-20(19)29-23(26-22)21(27-28-29)16-7-5-8-17(24)13-16/h2-13H,14H2,1H3,(H,25,26). The Balaban J connectivity index is 1.62. The molecule has 2 aromatic heterocycles. The van der Waals surface area contributed by atoms with Crippen molar-refractivity contribution in [1.82, 2.24) is 19.8 Å². The second-order valence-electron chi connectivity index (χ2n) is 6.87. The quantitative estimate of drug-likeness (QED) is 0.464. The van der Waals surface area contributed by atoms with Crippen LogP contribution in [0.5, 0.6) is 5.75 Å². The predicted octanol–water partition coefficient (Wildman–Crippen LogP) is 4.70. The van der Waals surface area contributed by atoms with Crippen LogP contribution in [-0.4, -0.2) is 26.9 Å². The van der Waals surface area contributed by atoms with Crippen molar-refractivity contribution in [3.63, 3.8) is 0 Å². The van der Waals surface area contributed by atoms with Gasteiger partial charge in [0.2, 0.25) is 0 Å². The molecule has 0 aliphatic carbocycles. The van der Waals surface area contributed by atoms with Gasteiger partial charge >= 0.3 is 0 Å². The first-order chi connectivity index (χ1) is 14.7. The van der Waals surface area contributed by atoms with Crippen LogP contribution >= 0.6 is 0 Å². The summed E-state index contributed by atoms with van der Waals surface area (Å²) < 4.78 is 20.8. The first-order valence-corrected chi connectivity index (χ1v) is 9.50. The van der Waals surface area contributed by atoms with Gasteiger partial charge in [-0.25, -0.2) is 9.37 Å². The number of ether oxygens (including phenoxy) is 1. The summed E-state index contributed by atoms with van der Waals surface area (Å²) >= 11 is 0. The van der Waals surface area contributed by atoms with Gasteiger partial charge < -0.3 is 10.1 Å². The van der Waals surface area contributed by atoms with Gasteiger partial charge in [0.25, 0.3) is 0 Å². The van der Waals surface area contributed by atoms with E-state index in [9.17, 15) is 4.39 Å². The number of hydrogen-bond donors (Lipinski definition) is 1. The maximum Gasteiger partial charge on any atom is 0.186 e. The maximum absolute atomic E-state index is 13.8. The van der Waals surface area contributed by atoms with Gasteiger partial charge in [0, 0.05) is 17.5 Å². The number of anilines is 1. The fourth-order valence-corrected chi connectivity index (χ4v) is 3.49. The predicted molar refractivity (Wildman–Crippen MR) is 114 cm³/mol. The van der Waals surface area contributed by atoms with Gasteiger partial charge in [-0.15, -0.1) is 5.10 Å². The van der Waals surface area contributed by atoms with Gasteiger partial charge in [-0.05, 0) is 42.0 Å². The minimum atomic E-state index is -0.328. The summed E-state index contributed by atoms with van der Waals surface area (Å²) in [7, 11) is 1.65. The molecule has 5 rings (SSSR count). The van der Waals surface area contributed by atoms with Crippen molar-refractivity contribution in [3.05, 3.63) is 84.2 Å². The molecular weight excluding hydrogens is 381 g/mol. The van der Waals surface area contributed by atoms with E-state index in [1.807, 2.05) is 48.5 Å². The number of fused-ring (bicyclic) bond motifs is 3. The van der Waals surface area contributed by atoms with Crippen LogP contribution in [0.2, 0.25) is 0 Å². The lowest BCUT2D eigenvalue weighted by Gasteiger charge is -2.11. The molecule has 0 aliphatic heterocycles. The van der Waals surface area contributed by atoms with E-state index in [1.54, 1.807) is 23.8 Å². The molecule has 0 bridgehead atoms. The summed E-state index contributed by atoms with van der Waals surface area (Å²) in [4.78, 5) is 4.80. The topological polar surface area (TPSA) is 64.3 Å². The normalized spacial score (nSPS) is 11.1. The van der Waals surface area contributed by atoms with E-state index in [0.29, 0.717) is 29.3 Å². The molecule has 2 heterocycles. The molecule has 5 aromatic rings. The minimum absolute atomic E-state index is 0.328. The van der Waals surface area contributed by atoms with Crippen molar-refractivity contribution in [2.45, 2.75) is 6.54 Å². The van der Waals surface area contributed by atoms with Crippen LogP contribution in [0.4, 0.5) is 10.2 Å². The molecule has 0 saturated heterocycles. The summed E-state index contributed by atoms with van der Waals surface area (Å²) in [6.45, 7) is 0.571. The Morgan fingerprint density at radius 1 is 1.00 bits per heavy atom. The number of halogens is 1. The van der Waals surface area contributed by atoms with Crippen molar-refractivity contribution in [1.29, 1.82) is 0 Å². The number of para-hydroxylation sites is 1. The molecule has 0 atom stereocenters. The fourth-order valence-electron chi connectivity index (χ4n) is 3.49. The van der Waals surface area contributed by atoms with Crippen LogP contribution in [0.15, 0.2) is 72.8 Å². The lowest BCUT2D eigenvalue weighted by molar-refractivity contribution is 0.414. The van der Waals surface area contributed by atoms with Crippen molar-refractivity contribution in [3.8, 4) is 17.0 Å². The highest BCUT2D eigenvalue weighted by molar-refractivity contribution is 5.93. The Hall–Kier alpha value is -4.00. The lowest BCUT2D eigenvalue weighted by atomic mass is 10.1. The Morgan fingerprint density at radius 2 is 1.87 bits per heavy atom. The number of aromatic nitrogens is 4. The second-order valence-corrected chi connectivity index (χ2v) is 6.87. The van der Waals surface area contributed by atoms with Crippen LogP contribution in [0.1, 0.15) is 5.56 Å².